The Morgan fingerprint density at radius 1 is 1.18 bits per heavy atom. The van der Waals surface area contributed by atoms with Gasteiger partial charge in [0, 0.05) is 13.1 Å². The van der Waals surface area contributed by atoms with E-state index >= 15 is 0 Å². The highest BCUT2D eigenvalue weighted by atomic mass is 16.5. The number of piperidine rings is 1. The Morgan fingerprint density at radius 2 is 1.71 bits per heavy atom. The van der Waals surface area contributed by atoms with Crippen LogP contribution in [0, 0.1) is 5.41 Å². The van der Waals surface area contributed by atoms with Crippen molar-refractivity contribution >= 4 is 5.97 Å². The predicted octanol–water partition coefficient (Wildman–Crippen LogP) is 1.18. The van der Waals surface area contributed by atoms with Gasteiger partial charge in [0.15, 0.2) is 0 Å². The van der Waals surface area contributed by atoms with Crippen LogP contribution in [0.4, 0.5) is 0 Å². The largest absolute Gasteiger partial charge is 0.469 e. The van der Waals surface area contributed by atoms with Crippen molar-refractivity contribution in [3.63, 3.8) is 0 Å². The molecule has 0 aromatic heterocycles. The Kier molecular flexibility index (Phi) is 3.46. The summed E-state index contributed by atoms with van der Waals surface area (Å²) in [5.74, 6) is -0.206. The van der Waals surface area contributed by atoms with Crippen LogP contribution >= 0.6 is 0 Å². The number of methoxy groups -OCH3 is 1. The molecule has 1 N–H and O–H groups in total. The second kappa shape index (κ2) is 4.58. The molecule has 4 heteroatoms. The molecule has 0 spiro atoms. The summed E-state index contributed by atoms with van der Waals surface area (Å²) < 4.78 is 4.97. The fourth-order valence-electron chi connectivity index (χ4n) is 3.50. The maximum Gasteiger partial charge on any atom is 0.314 e. The highest BCUT2D eigenvalue weighted by Crippen LogP contribution is 2.51. The van der Waals surface area contributed by atoms with Gasteiger partial charge in [0.1, 0.15) is 0 Å². The van der Waals surface area contributed by atoms with Crippen LogP contribution < -0.4 is 0 Å². The molecule has 1 saturated heterocycles. The van der Waals surface area contributed by atoms with E-state index in [9.17, 15) is 9.90 Å². The molecule has 0 radical (unpaired) electrons. The number of hydrogen-bond donors (Lipinski definition) is 1. The summed E-state index contributed by atoms with van der Waals surface area (Å²) in [5.41, 5.74) is -1.49. The summed E-state index contributed by atoms with van der Waals surface area (Å²) >= 11 is 0. The van der Waals surface area contributed by atoms with Crippen molar-refractivity contribution in [2.24, 2.45) is 5.41 Å². The summed E-state index contributed by atoms with van der Waals surface area (Å²) in [4.78, 5) is 14.3. The van der Waals surface area contributed by atoms with Crippen molar-refractivity contribution in [3.05, 3.63) is 0 Å². The van der Waals surface area contributed by atoms with Crippen molar-refractivity contribution in [3.8, 4) is 0 Å². The maximum atomic E-state index is 12.1. The van der Waals surface area contributed by atoms with Crippen LogP contribution in [0.25, 0.3) is 0 Å². The molecule has 1 aliphatic carbocycles. The summed E-state index contributed by atoms with van der Waals surface area (Å²) in [5, 5.41) is 10.9. The molecule has 4 nitrogen and oxygen atoms in total. The van der Waals surface area contributed by atoms with E-state index in [1.807, 2.05) is 0 Å². The van der Waals surface area contributed by atoms with Gasteiger partial charge in [-0.1, -0.05) is 12.8 Å². The number of carbonyl (C=O) groups is 1. The molecule has 0 bridgehead atoms. The van der Waals surface area contributed by atoms with Gasteiger partial charge in [-0.05, 0) is 32.7 Å². The summed E-state index contributed by atoms with van der Waals surface area (Å²) in [6, 6.07) is 0. The third-order valence-corrected chi connectivity index (χ3v) is 4.74. The number of likely N-dealkylation sites (tertiary alicyclic amines) is 1. The number of nitrogens with zero attached hydrogens (tertiary/aromatic N) is 1. The molecule has 1 heterocycles. The van der Waals surface area contributed by atoms with E-state index < -0.39 is 11.0 Å². The first-order valence-corrected chi connectivity index (χ1v) is 6.53. The average Bonchev–Trinajstić information content (AvgIpc) is 2.83. The van der Waals surface area contributed by atoms with Gasteiger partial charge in [0.2, 0.25) is 0 Å². The summed E-state index contributed by atoms with van der Waals surface area (Å²) in [7, 11) is 3.49. The first kappa shape index (κ1) is 12.8. The predicted molar refractivity (Wildman–Crippen MR) is 64.6 cm³/mol. The van der Waals surface area contributed by atoms with E-state index in [0.29, 0.717) is 12.8 Å². The number of aliphatic hydroxyl groups is 1. The third kappa shape index (κ3) is 1.97. The SMILES string of the molecule is COC(=O)C1(C2(O)CCN(C)CC2)CCCC1. The fraction of sp³-hybridized carbons (Fsp3) is 0.923. The zero-order valence-corrected chi connectivity index (χ0v) is 10.9. The molecule has 0 atom stereocenters. The molecule has 0 aromatic rings. The maximum absolute atomic E-state index is 12.1. The Labute approximate surface area is 103 Å². The Balaban J connectivity index is 2.24. The number of hydrogen-bond acceptors (Lipinski definition) is 4. The average molecular weight is 241 g/mol. The first-order valence-electron chi connectivity index (χ1n) is 6.53. The van der Waals surface area contributed by atoms with Crippen molar-refractivity contribution in [1.82, 2.24) is 4.90 Å². The van der Waals surface area contributed by atoms with Crippen LogP contribution in [0.15, 0.2) is 0 Å². The van der Waals surface area contributed by atoms with Crippen LogP contribution in [-0.4, -0.2) is 48.8 Å². The van der Waals surface area contributed by atoms with Crippen LogP contribution in [-0.2, 0) is 9.53 Å². The van der Waals surface area contributed by atoms with Crippen LogP contribution in [0.1, 0.15) is 38.5 Å². The Morgan fingerprint density at radius 3 is 2.18 bits per heavy atom. The van der Waals surface area contributed by atoms with Crippen molar-refractivity contribution in [2.45, 2.75) is 44.1 Å². The Bertz CT molecular complexity index is 289. The van der Waals surface area contributed by atoms with Gasteiger partial charge in [-0.15, -0.1) is 0 Å². The zero-order chi connectivity index (χ0) is 12.5. The number of rotatable bonds is 2. The zero-order valence-electron chi connectivity index (χ0n) is 10.9. The molecule has 2 aliphatic rings. The van der Waals surface area contributed by atoms with Crippen LogP contribution in [0.3, 0.4) is 0 Å². The molecular weight excluding hydrogens is 218 g/mol. The lowest BCUT2D eigenvalue weighted by Crippen LogP contribution is -2.57. The lowest BCUT2D eigenvalue weighted by atomic mass is 9.66. The minimum absolute atomic E-state index is 0.206. The van der Waals surface area contributed by atoms with E-state index in [2.05, 4.69) is 11.9 Å². The third-order valence-electron chi connectivity index (χ3n) is 4.74. The summed E-state index contributed by atoms with van der Waals surface area (Å²) in [6.07, 6.45) is 4.96. The minimum Gasteiger partial charge on any atom is -0.469 e. The molecule has 2 rings (SSSR count). The molecular formula is C13H23NO3. The molecule has 98 valence electrons. The first-order chi connectivity index (χ1) is 8.04. The van der Waals surface area contributed by atoms with Crippen molar-refractivity contribution in [1.29, 1.82) is 0 Å². The smallest absolute Gasteiger partial charge is 0.314 e. The summed E-state index contributed by atoms with van der Waals surface area (Å²) in [6.45, 7) is 1.71. The molecule has 0 unspecified atom stereocenters. The van der Waals surface area contributed by atoms with Crippen LogP contribution in [0.5, 0.6) is 0 Å². The lowest BCUT2D eigenvalue weighted by Gasteiger charge is -2.47. The second-order valence-corrected chi connectivity index (χ2v) is 5.62. The van der Waals surface area contributed by atoms with Gasteiger partial charge in [-0.25, -0.2) is 0 Å². The molecule has 0 aromatic carbocycles. The van der Waals surface area contributed by atoms with Gasteiger partial charge >= 0.3 is 5.97 Å². The normalized spacial score (nSPS) is 27.9. The van der Waals surface area contributed by atoms with Gasteiger partial charge in [-0.2, -0.15) is 0 Å². The topological polar surface area (TPSA) is 49.8 Å². The van der Waals surface area contributed by atoms with Crippen molar-refractivity contribution in [2.75, 3.05) is 27.2 Å². The standard InChI is InChI=1S/C13H23NO3/c1-14-9-7-13(16,8-10-14)12(11(15)17-2)5-3-4-6-12/h16H,3-10H2,1-2H3. The van der Waals surface area contributed by atoms with E-state index in [4.69, 9.17) is 4.74 Å². The number of esters is 1. The van der Waals surface area contributed by atoms with E-state index in [0.717, 1.165) is 38.8 Å². The van der Waals surface area contributed by atoms with E-state index in [1.54, 1.807) is 0 Å². The van der Waals surface area contributed by atoms with E-state index in [1.165, 1.54) is 7.11 Å². The number of ether oxygens (including phenoxy) is 1. The number of carbonyl (C=O) groups excluding carboxylic acids is 1. The Hall–Kier alpha value is -0.610. The van der Waals surface area contributed by atoms with Gasteiger partial charge < -0.3 is 14.7 Å². The lowest BCUT2D eigenvalue weighted by molar-refractivity contribution is -0.179. The van der Waals surface area contributed by atoms with Gasteiger partial charge in [-0.3, -0.25) is 4.79 Å². The highest BCUT2D eigenvalue weighted by Gasteiger charge is 2.57. The highest BCUT2D eigenvalue weighted by molar-refractivity contribution is 5.78. The van der Waals surface area contributed by atoms with Crippen molar-refractivity contribution < 1.29 is 14.6 Å². The van der Waals surface area contributed by atoms with Crippen LogP contribution in [0.2, 0.25) is 0 Å². The van der Waals surface area contributed by atoms with E-state index in [-0.39, 0.29) is 5.97 Å². The quantitative estimate of drug-likeness (QED) is 0.737. The molecule has 1 saturated carbocycles. The molecule has 17 heavy (non-hydrogen) atoms. The minimum atomic E-state index is -0.858. The monoisotopic (exact) mass is 241 g/mol. The molecule has 0 amide bonds. The molecule has 1 aliphatic heterocycles. The molecule has 2 fully saturated rings. The fourth-order valence-corrected chi connectivity index (χ4v) is 3.50. The second-order valence-electron chi connectivity index (χ2n) is 5.62. The van der Waals surface area contributed by atoms with Gasteiger partial charge in [0.05, 0.1) is 18.1 Å². The van der Waals surface area contributed by atoms with Gasteiger partial charge in [0.25, 0.3) is 0 Å².